The zero-order valence-electron chi connectivity index (χ0n) is 9.29. The number of allylic oxidation sites excluding steroid dienone is 1. The molecule has 0 radical (unpaired) electrons. The number of aliphatic hydroxyl groups is 1. The van der Waals surface area contributed by atoms with Crippen molar-refractivity contribution < 1.29 is 9.84 Å². The summed E-state index contributed by atoms with van der Waals surface area (Å²) in [5.41, 5.74) is 0. The average Bonchev–Trinajstić information content (AvgIpc) is 2.28. The lowest BCUT2D eigenvalue weighted by molar-refractivity contribution is -0.147. The van der Waals surface area contributed by atoms with Crippen molar-refractivity contribution in [3.8, 4) is 35.5 Å². The van der Waals surface area contributed by atoms with Gasteiger partial charge in [0.15, 0.2) is 6.29 Å². The van der Waals surface area contributed by atoms with Gasteiger partial charge in [0.2, 0.25) is 0 Å². The van der Waals surface area contributed by atoms with E-state index >= 15 is 0 Å². The van der Waals surface area contributed by atoms with Crippen LogP contribution in [0, 0.1) is 35.5 Å². The van der Waals surface area contributed by atoms with Gasteiger partial charge in [0, 0.05) is 0 Å². The molecule has 0 aromatic rings. The Morgan fingerprint density at radius 2 is 2.00 bits per heavy atom. The van der Waals surface area contributed by atoms with Crippen molar-refractivity contribution in [2.24, 2.45) is 0 Å². The first-order chi connectivity index (χ1) is 7.83. The summed E-state index contributed by atoms with van der Waals surface area (Å²) in [6.07, 6.45) is 5.53. The maximum atomic E-state index is 9.25. The molecule has 2 unspecified atom stereocenters. The molecule has 82 valence electrons. The fourth-order valence-corrected chi connectivity index (χ4v) is 1.33. The van der Waals surface area contributed by atoms with Gasteiger partial charge in [0.05, 0.1) is 6.10 Å². The molecule has 0 aromatic carbocycles. The SMILES string of the molecule is CC#CC#CC#CC=CC1CCCC(O)O1. The van der Waals surface area contributed by atoms with Gasteiger partial charge in [0.1, 0.15) is 0 Å². The van der Waals surface area contributed by atoms with Gasteiger partial charge in [0.25, 0.3) is 0 Å². The molecule has 16 heavy (non-hydrogen) atoms. The molecular weight excluding hydrogens is 200 g/mol. The third-order valence-electron chi connectivity index (χ3n) is 2.05. The fourth-order valence-electron chi connectivity index (χ4n) is 1.33. The average molecular weight is 214 g/mol. The Bertz CT molecular complexity index is 415. The standard InChI is InChI=1S/C14H14O2/c1-2-3-4-5-6-7-8-10-13-11-9-12-14(15)16-13/h8,10,13-15H,9,11-12H2,1H3. The Labute approximate surface area is 96.7 Å². The van der Waals surface area contributed by atoms with Gasteiger partial charge in [-0.1, -0.05) is 11.8 Å². The highest BCUT2D eigenvalue weighted by atomic mass is 16.6. The van der Waals surface area contributed by atoms with Crippen LogP contribution in [-0.2, 0) is 4.74 Å². The summed E-state index contributed by atoms with van der Waals surface area (Å²) in [7, 11) is 0. The molecule has 1 aliphatic rings. The summed E-state index contributed by atoms with van der Waals surface area (Å²) in [5, 5.41) is 9.25. The summed E-state index contributed by atoms with van der Waals surface area (Å²) < 4.78 is 5.27. The maximum Gasteiger partial charge on any atom is 0.155 e. The zero-order valence-corrected chi connectivity index (χ0v) is 9.29. The van der Waals surface area contributed by atoms with E-state index < -0.39 is 6.29 Å². The first-order valence-corrected chi connectivity index (χ1v) is 5.25. The third kappa shape index (κ3) is 5.28. The molecule has 1 heterocycles. The normalized spacial score (nSPS) is 23.4. The lowest BCUT2D eigenvalue weighted by Gasteiger charge is -2.23. The molecule has 1 saturated heterocycles. The highest BCUT2D eigenvalue weighted by molar-refractivity contribution is 5.37. The highest BCUT2D eigenvalue weighted by Gasteiger charge is 2.17. The second-order valence-electron chi connectivity index (χ2n) is 3.31. The van der Waals surface area contributed by atoms with Crippen LogP contribution < -0.4 is 0 Å². The van der Waals surface area contributed by atoms with E-state index in [9.17, 15) is 5.11 Å². The van der Waals surface area contributed by atoms with Gasteiger partial charge in [-0.25, -0.2) is 0 Å². The minimum atomic E-state index is -0.629. The molecule has 0 aliphatic carbocycles. The van der Waals surface area contributed by atoms with E-state index in [4.69, 9.17) is 4.74 Å². The van der Waals surface area contributed by atoms with Gasteiger partial charge in [-0.05, 0) is 62.0 Å². The monoisotopic (exact) mass is 214 g/mol. The van der Waals surface area contributed by atoms with E-state index in [1.54, 1.807) is 13.0 Å². The van der Waals surface area contributed by atoms with E-state index in [0.29, 0.717) is 0 Å². The van der Waals surface area contributed by atoms with Crippen molar-refractivity contribution in [1.82, 2.24) is 0 Å². The highest BCUT2D eigenvalue weighted by Crippen LogP contribution is 2.17. The number of ether oxygens (including phenoxy) is 1. The number of rotatable bonds is 1. The molecule has 1 fully saturated rings. The molecule has 1 N–H and O–H groups in total. The first kappa shape index (κ1) is 12.4. The van der Waals surface area contributed by atoms with Crippen LogP contribution in [0.2, 0.25) is 0 Å². The molecule has 1 rings (SSSR count). The molecule has 2 atom stereocenters. The molecule has 0 aromatic heterocycles. The zero-order chi connectivity index (χ0) is 11.6. The largest absolute Gasteiger partial charge is 0.368 e. The van der Waals surface area contributed by atoms with E-state index in [2.05, 4.69) is 35.5 Å². The van der Waals surface area contributed by atoms with Crippen LogP contribution in [0.1, 0.15) is 26.2 Å². The Hall–Kier alpha value is -1.66. The molecule has 0 spiro atoms. The fraction of sp³-hybridized carbons (Fsp3) is 0.429. The quantitative estimate of drug-likeness (QED) is 0.670. The predicted molar refractivity (Wildman–Crippen MR) is 62.9 cm³/mol. The Morgan fingerprint density at radius 3 is 2.75 bits per heavy atom. The maximum absolute atomic E-state index is 9.25. The van der Waals surface area contributed by atoms with E-state index in [-0.39, 0.29) is 6.10 Å². The summed E-state index contributed by atoms with van der Waals surface area (Å²) in [5.74, 6) is 15.9. The van der Waals surface area contributed by atoms with Gasteiger partial charge in [-0.15, -0.1) is 0 Å². The minimum absolute atomic E-state index is 0.0264. The van der Waals surface area contributed by atoms with Crippen molar-refractivity contribution >= 4 is 0 Å². The van der Waals surface area contributed by atoms with Crippen LogP contribution in [0.4, 0.5) is 0 Å². The molecule has 1 aliphatic heterocycles. The van der Waals surface area contributed by atoms with Gasteiger partial charge < -0.3 is 9.84 Å². The van der Waals surface area contributed by atoms with Crippen molar-refractivity contribution in [1.29, 1.82) is 0 Å². The van der Waals surface area contributed by atoms with Gasteiger partial charge in [-0.3, -0.25) is 0 Å². The van der Waals surface area contributed by atoms with Crippen LogP contribution in [0.5, 0.6) is 0 Å². The molecule has 0 saturated carbocycles. The van der Waals surface area contributed by atoms with Crippen molar-refractivity contribution in [3.05, 3.63) is 12.2 Å². The second kappa shape index (κ2) is 7.61. The third-order valence-corrected chi connectivity index (χ3v) is 2.05. The Balaban J connectivity index is 2.36. The summed E-state index contributed by atoms with van der Waals surface area (Å²) >= 11 is 0. The van der Waals surface area contributed by atoms with Crippen molar-refractivity contribution in [3.63, 3.8) is 0 Å². The van der Waals surface area contributed by atoms with Crippen molar-refractivity contribution in [2.45, 2.75) is 38.6 Å². The van der Waals surface area contributed by atoms with Crippen molar-refractivity contribution in [2.75, 3.05) is 0 Å². The molecule has 2 heteroatoms. The van der Waals surface area contributed by atoms with Crippen LogP contribution >= 0.6 is 0 Å². The van der Waals surface area contributed by atoms with E-state index in [1.165, 1.54) is 0 Å². The number of hydrogen-bond acceptors (Lipinski definition) is 2. The molecule has 0 bridgehead atoms. The summed E-state index contributed by atoms with van der Waals surface area (Å²) in [6.45, 7) is 1.73. The molecule has 0 amide bonds. The predicted octanol–water partition coefficient (Wildman–Crippen LogP) is 1.46. The van der Waals surface area contributed by atoms with Gasteiger partial charge >= 0.3 is 0 Å². The van der Waals surface area contributed by atoms with Crippen LogP contribution in [0.15, 0.2) is 12.2 Å². The molecular formula is C14H14O2. The smallest absolute Gasteiger partial charge is 0.155 e. The van der Waals surface area contributed by atoms with E-state index in [0.717, 1.165) is 19.3 Å². The van der Waals surface area contributed by atoms with Crippen LogP contribution in [0.3, 0.4) is 0 Å². The first-order valence-electron chi connectivity index (χ1n) is 5.25. The molecule has 2 nitrogen and oxygen atoms in total. The van der Waals surface area contributed by atoms with Crippen LogP contribution in [0.25, 0.3) is 0 Å². The Morgan fingerprint density at radius 1 is 1.19 bits per heavy atom. The number of aliphatic hydroxyl groups excluding tert-OH is 1. The lowest BCUT2D eigenvalue weighted by Crippen LogP contribution is -2.25. The second-order valence-corrected chi connectivity index (χ2v) is 3.31. The van der Waals surface area contributed by atoms with Crippen LogP contribution in [-0.4, -0.2) is 17.5 Å². The van der Waals surface area contributed by atoms with Gasteiger partial charge in [-0.2, -0.15) is 0 Å². The minimum Gasteiger partial charge on any atom is -0.368 e. The topological polar surface area (TPSA) is 29.5 Å². The number of hydrogen-bond donors (Lipinski definition) is 1. The summed E-state index contributed by atoms with van der Waals surface area (Å²) in [4.78, 5) is 0. The Kier molecular flexibility index (Phi) is 5.90. The summed E-state index contributed by atoms with van der Waals surface area (Å²) in [6, 6.07) is 0. The lowest BCUT2D eigenvalue weighted by atomic mass is 10.1. The van der Waals surface area contributed by atoms with E-state index in [1.807, 2.05) is 6.08 Å².